The molecule has 0 atom stereocenters. The molecule has 6 nitrogen and oxygen atoms in total. The van der Waals surface area contributed by atoms with Gasteiger partial charge in [0.05, 0.1) is 11.1 Å². The monoisotopic (exact) mass is 732 g/mol. The summed E-state index contributed by atoms with van der Waals surface area (Å²) >= 11 is 3.14. The second-order valence-corrected chi connectivity index (χ2v) is 18.1. The molecule has 2 aromatic carbocycles. The first-order valence-corrected chi connectivity index (χ1v) is 20.5. The molecule has 0 fully saturated rings. The zero-order valence-electron chi connectivity index (χ0n) is 31.2. The van der Waals surface area contributed by atoms with Crippen LogP contribution in [0.4, 0.5) is 11.4 Å². The molecule has 0 aliphatic carbocycles. The van der Waals surface area contributed by atoms with Crippen LogP contribution in [-0.4, -0.2) is 26.2 Å². The van der Waals surface area contributed by atoms with E-state index >= 15 is 0 Å². The minimum absolute atomic E-state index is 0.0421. The number of nitrogens with zero attached hydrogens (tertiary/aromatic N) is 2. The first kappa shape index (κ1) is 34.9. The molecule has 0 unspecified atom stereocenters. The van der Waals surface area contributed by atoms with Crippen LogP contribution in [-0.2, 0) is 10.8 Å². The Bertz CT molecular complexity index is 2420. The van der Waals surface area contributed by atoms with E-state index < -0.39 is 0 Å². The van der Waals surface area contributed by atoms with E-state index in [4.69, 9.17) is 8.83 Å². The van der Waals surface area contributed by atoms with Gasteiger partial charge >= 0.3 is 11.3 Å². The fourth-order valence-electron chi connectivity index (χ4n) is 8.09. The highest BCUT2D eigenvalue weighted by Crippen LogP contribution is 2.52. The van der Waals surface area contributed by atoms with Crippen molar-refractivity contribution in [3.05, 3.63) is 92.6 Å². The van der Waals surface area contributed by atoms with Gasteiger partial charge in [0.15, 0.2) is 0 Å². The molecular weight excluding hydrogens is 685 g/mol. The van der Waals surface area contributed by atoms with E-state index in [2.05, 4.69) is 81.7 Å². The van der Waals surface area contributed by atoms with Crippen LogP contribution in [0.15, 0.2) is 79.1 Å². The van der Waals surface area contributed by atoms with Crippen molar-refractivity contribution in [1.82, 2.24) is 0 Å². The molecule has 270 valence electrons. The van der Waals surface area contributed by atoms with Crippen molar-refractivity contribution in [3.63, 3.8) is 0 Å². The van der Waals surface area contributed by atoms with E-state index in [1.54, 1.807) is 22.7 Å². The van der Waals surface area contributed by atoms with E-state index in [0.717, 1.165) is 106 Å². The topological polar surface area (TPSA) is 66.9 Å². The molecule has 6 aromatic rings. The number of hydrogen-bond donors (Lipinski definition) is 0. The molecule has 8 rings (SSSR count). The van der Waals surface area contributed by atoms with Crippen molar-refractivity contribution < 1.29 is 8.83 Å². The minimum atomic E-state index is -0.331. The Morgan fingerprint density at radius 1 is 0.692 bits per heavy atom. The maximum Gasteiger partial charge on any atom is 0.345 e. The molecule has 2 aliphatic heterocycles. The van der Waals surface area contributed by atoms with Crippen molar-refractivity contribution in [3.8, 4) is 30.6 Å². The third kappa shape index (κ3) is 6.11. The van der Waals surface area contributed by atoms with Gasteiger partial charge in [-0.05, 0) is 96.7 Å². The number of thiophene rings is 2. The Labute approximate surface area is 313 Å². The van der Waals surface area contributed by atoms with Crippen LogP contribution in [0.1, 0.15) is 91.2 Å². The maximum atomic E-state index is 13.7. The lowest BCUT2D eigenvalue weighted by molar-refractivity contribution is 0.398. The Balaban J connectivity index is 1.11. The molecule has 0 amide bonds. The maximum absolute atomic E-state index is 13.7. The summed E-state index contributed by atoms with van der Waals surface area (Å²) in [5, 5.41) is 1.90. The Morgan fingerprint density at radius 2 is 1.27 bits per heavy atom. The van der Waals surface area contributed by atoms with E-state index in [0.29, 0.717) is 16.7 Å². The van der Waals surface area contributed by atoms with E-state index in [9.17, 15) is 9.59 Å². The number of benzene rings is 2. The van der Waals surface area contributed by atoms with Gasteiger partial charge in [-0.3, -0.25) is 0 Å². The molecule has 0 radical (unpaired) electrons. The summed E-state index contributed by atoms with van der Waals surface area (Å²) in [7, 11) is 0. The molecule has 2 aliphatic rings. The normalized spacial score (nSPS) is 16.1. The third-order valence-corrected chi connectivity index (χ3v) is 13.8. The van der Waals surface area contributed by atoms with Crippen LogP contribution in [0.25, 0.3) is 52.6 Å². The standard InChI is InChI=1S/C44H48N2O4S2/c1-7-9-19-45(20-10-8-2)29-12-11-27-23-30(41(47)49-33(27)26-29)34-13-15-36(51-34)37-16-14-35(52-37)31-24-28-25-32-39-38(40(28)50-42(31)48)44(5,6)18-22-46(39)21-17-43(32,3)4/h11-16,23-26H,7-10,17-22H2,1-6H3. The fraction of sp³-hybridized carbons (Fsp3) is 0.409. The minimum Gasteiger partial charge on any atom is -0.422 e. The van der Waals surface area contributed by atoms with Crippen LogP contribution in [0, 0.1) is 0 Å². The largest absolute Gasteiger partial charge is 0.422 e. The van der Waals surface area contributed by atoms with E-state index in [1.165, 1.54) is 16.8 Å². The van der Waals surface area contributed by atoms with Gasteiger partial charge in [0.1, 0.15) is 11.2 Å². The molecule has 6 heterocycles. The number of rotatable bonds is 10. The lowest BCUT2D eigenvalue weighted by Gasteiger charge is -2.48. The van der Waals surface area contributed by atoms with Gasteiger partial charge in [-0.25, -0.2) is 9.59 Å². The zero-order chi connectivity index (χ0) is 36.4. The highest BCUT2D eigenvalue weighted by Gasteiger charge is 2.42. The fourth-order valence-corrected chi connectivity index (χ4v) is 10.2. The summed E-state index contributed by atoms with van der Waals surface area (Å²) < 4.78 is 12.2. The van der Waals surface area contributed by atoms with Crippen molar-refractivity contribution >= 4 is 56.0 Å². The molecule has 4 aromatic heterocycles. The zero-order valence-corrected chi connectivity index (χ0v) is 32.8. The summed E-state index contributed by atoms with van der Waals surface area (Å²) in [5.74, 6) is 0. The number of unbranched alkanes of at least 4 members (excludes halogenated alkanes) is 2. The van der Waals surface area contributed by atoms with Gasteiger partial charge in [0.2, 0.25) is 0 Å². The number of anilines is 2. The van der Waals surface area contributed by atoms with E-state index in [1.807, 2.05) is 30.3 Å². The highest BCUT2D eigenvalue weighted by molar-refractivity contribution is 7.25. The quantitative estimate of drug-likeness (QED) is 0.131. The molecule has 0 spiro atoms. The molecule has 52 heavy (non-hydrogen) atoms. The van der Waals surface area contributed by atoms with Crippen molar-refractivity contribution in [2.24, 2.45) is 0 Å². The Kier molecular flexibility index (Phi) is 8.98. The average Bonchev–Trinajstić information content (AvgIpc) is 3.81. The van der Waals surface area contributed by atoms with Crippen LogP contribution in [0.2, 0.25) is 0 Å². The van der Waals surface area contributed by atoms with Crippen molar-refractivity contribution in [2.75, 3.05) is 36.0 Å². The summed E-state index contributed by atoms with van der Waals surface area (Å²) in [4.78, 5) is 35.8. The molecular formula is C44H48N2O4S2. The summed E-state index contributed by atoms with van der Waals surface area (Å²) in [6, 6.07) is 20.6. The van der Waals surface area contributed by atoms with Crippen molar-refractivity contribution in [1.29, 1.82) is 0 Å². The lowest BCUT2D eigenvalue weighted by atomic mass is 9.69. The Hall–Kier alpha value is -4.14. The number of hydrogen-bond acceptors (Lipinski definition) is 8. The predicted molar refractivity (Wildman–Crippen MR) is 220 cm³/mol. The van der Waals surface area contributed by atoms with Gasteiger partial charge < -0.3 is 18.6 Å². The average molecular weight is 733 g/mol. The van der Waals surface area contributed by atoms with Crippen LogP contribution in [0.3, 0.4) is 0 Å². The highest BCUT2D eigenvalue weighted by atomic mass is 32.1. The smallest absolute Gasteiger partial charge is 0.345 e. The second-order valence-electron chi connectivity index (χ2n) is 16.0. The Morgan fingerprint density at radius 3 is 1.90 bits per heavy atom. The second kappa shape index (κ2) is 13.4. The van der Waals surface area contributed by atoms with Crippen molar-refractivity contribution in [2.45, 2.75) is 90.9 Å². The van der Waals surface area contributed by atoms with Gasteiger partial charge in [0, 0.05) is 79.5 Å². The molecule has 0 bridgehead atoms. The molecule has 0 N–H and O–H groups in total. The van der Waals surface area contributed by atoms with Gasteiger partial charge in [-0.1, -0.05) is 54.4 Å². The lowest BCUT2D eigenvalue weighted by Crippen LogP contribution is -2.44. The van der Waals surface area contributed by atoms with Gasteiger partial charge in [0.25, 0.3) is 0 Å². The first-order valence-electron chi connectivity index (χ1n) is 18.9. The van der Waals surface area contributed by atoms with Crippen LogP contribution < -0.4 is 21.1 Å². The molecule has 8 heteroatoms. The number of fused-ring (bicyclic) bond motifs is 3. The summed E-state index contributed by atoms with van der Waals surface area (Å²) in [5.41, 5.74) is 6.74. The molecule has 0 saturated heterocycles. The third-order valence-electron chi connectivity index (χ3n) is 11.4. The van der Waals surface area contributed by atoms with E-state index in [-0.39, 0.29) is 22.1 Å². The summed E-state index contributed by atoms with van der Waals surface area (Å²) in [6.07, 6.45) is 6.67. The summed E-state index contributed by atoms with van der Waals surface area (Å²) in [6.45, 7) is 17.7. The van der Waals surface area contributed by atoms with Crippen LogP contribution >= 0.6 is 22.7 Å². The van der Waals surface area contributed by atoms with Gasteiger partial charge in [-0.15, -0.1) is 22.7 Å². The van der Waals surface area contributed by atoms with Crippen LogP contribution in [0.5, 0.6) is 0 Å². The molecule has 0 saturated carbocycles. The van der Waals surface area contributed by atoms with Gasteiger partial charge in [-0.2, -0.15) is 0 Å². The predicted octanol–water partition coefficient (Wildman–Crippen LogP) is 11.6. The first-order chi connectivity index (χ1) is 25.0. The SMILES string of the molecule is CCCCN(CCCC)c1ccc2cc(-c3ccc(-c4ccc(-c5cc6cc7c8c(c6oc5=O)C(C)(C)CCN8CCC7(C)C)s4)s3)c(=O)oc2c1.